The summed E-state index contributed by atoms with van der Waals surface area (Å²) in [6.45, 7) is 9.84. The average molecular weight is 330 g/mol. The average Bonchev–Trinajstić information content (AvgIpc) is 3.01. The van der Waals surface area contributed by atoms with Gasteiger partial charge in [0.25, 0.3) is 5.91 Å². The van der Waals surface area contributed by atoms with E-state index in [1.54, 1.807) is 12.1 Å². The number of benzene rings is 1. The summed E-state index contributed by atoms with van der Waals surface area (Å²) >= 11 is 0. The number of ether oxygens (including phenoxy) is 1. The molecule has 1 atom stereocenters. The van der Waals surface area contributed by atoms with E-state index in [2.05, 4.69) is 16.7 Å². The molecule has 0 aliphatic heterocycles. The molecule has 1 aromatic heterocycles. The molecule has 5 nitrogen and oxygen atoms in total. The number of furan rings is 1. The van der Waals surface area contributed by atoms with Gasteiger partial charge in [-0.15, -0.1) is 0 Å². The highest BCUT2D eigenvalue weighted by Gasteiger charge is 2.12. The van der Waals surface area contributed by atoms with Crippen LogP contribution in [0.2, 0.25) is 0 Å². The van der Waals surface area contributed by atoms with Crippen LogP contribution in [0.25, 0.3) is 0 Å². The summed E-state index contributed by atoms with van der Waals surface area (Å²) in [5, 5.41) is 6.09. The lowest BCUT2D eigenvalue weighted by molar-refractivity contribution is 0.0918. The van der Waals surface area contributed by atoms with Crippen LogP contribution in [-0.2, 0) is 6.61 Å². The van der Waals surface area contributed by atoms with Crippen molar-refractivity contribution in [2.24, 2.45) is 0 Å². The standard InChI is InChI=1S/C19H26N2O3/c1-5-20-15(4)11-21-19(22)18-9-7-16(24-18)12-23-17-8-6-13(2)10-14(17)3/h6-10,15,20H,5,11-12H2,1-4H3,(H,21,22)/t15-/m1/s1. The second-order valence-electron chi connectivity index (χ2n) is 5.99. The minimum atomic E-state index is -0.211. The largest absolute Gasteiger partial charge is 0.485 e. The Balaban J connectivity index is 1.87. The molecule has 0 aliphatic rings. The summed E-state index contributed by atoms with van der Waals surface area (Å²) in [6.07, 6.45) is 0. The first-order chi connectivity index (χ1) is 11.5. The molecule has 0 saturated carbocycles. The monoisotopic (exact) mass is 330 g/mol. The minimum Gasteiger partial charge on any atom is -0.485 e. The van der Waals surface area contributed by atoms with E-state index in [0.29, 0.717) is 24.7 Å². The Morgan fingerprint density at radius 1 is 1.25 bits per heavy atom. The van der Waals surface area contributed by atoms with E-state index in [-0.39, 0.29) is 11.9 Å². The third-order valence-electron chi connectivity index (χ3n) is 3.71. The molecule has 1 aromatic carbocycles. The molecule has 2 aromatic rings. The summed E-state index contributed by atoms with van der Waals surface area (Å²) in [5.74, 6) is 1.54. The second kappa shape index (κ2) is 8.55. The van der Waals surface area contributed by atoms with Crippen LogP contribution < -0.4 is 15.4 Å². The Hall–Kier alpha value is -2.27. The fourth-order valence-corrected chi connectivity index (χ4v) is 2.44. The molecule has 0 fully saturated rings. The van der Waals surface area contributed by atoms with Gasteiger partial charge in [0.1, 0.15) is 18.1 Å². The molecule has 0 spiro atoms. The van der Waals surface area contributed by atoms with E-state index in [1.807, 2.05) is 39.8 Å². The number of aryl methyl sites for hydroxylation is 2. The van der Waals surface area contributed by atoms with Crippen LogP contribution in [-0.4, -0.2) is 25.0 Å². The number of carbonyl (C=O) groups excluding carboxylic acids is 1. The molecule has 0 aliphatic carbocycles. The molecule has 1 amide bonds. The van der Waals surface area contributed by atoms with Gasteiger partial charge < -0.3 is 19.8 Å². The predicted molar refractivity (Wildman–Crippen MR) is 94.4 cm³/mol. The van der Waals surface area contributed by atoms with Gasteiger partial charge in [0, 0.05) is 12.6 Å². The Morgan fingerprint density at radius 2 is 2.04 bits per heavy atom. The van der Waals surface area contributed by atoms with Gasteiger partial charge in [-0.3, -0.25) is 4.79 Å². The maximum absolute atomic E-state index is 12.1. The number of amides is 1. The lowest BCUT2D eigenvalue weighted by Crippen LogP contribution is -2.38. The SMILES string of the molecule is CCN[C@H](C)CNC(=O)c1ccc(COc2ccc(C)cc2C)o1. The van der Waals surface area contributed by atoms with E-state index in [0.717, 1.165) is 17.9 Å². The molecule has 0 bridgehead atoms. The van der Waals surface area contributed by atoms with Crippen molar-refractivity contribution in [1.29, 1.82) is 0 Å². The van der Waals surface area contributed by atoms with Crippen LogP contribution in [0, 0.1) is 13.8 Å². The summed E-state index contributed by atoms with van der Waals surface area (Å²) in [7, 11) is 0. The molecule has 5 heteroatoms. The van der Waals surface area contributed by atoms with Crippen LogP contribution in [0.3, 0.4) is 0 Å². The number of nitrogens with one attached hydrogen (secondary N) is 2. The highest BCUT2D eigenvalue weighted by molar-refractivity contribution is 5.91. The second-order valence-corrected chi connectivity index (χ2v) is 5.99. The summed E-state index contributed by atoms with van der Waals surface area (Å²) in [5.41, 5.74) is 2.28. The first kappa shape index (κ1) is 18.1. The van der Waals surface area contributed by atoms with Gasteiger partial charge in [-0.1, -0.05) is 24.6 Å². The zero-order valence-corrected chi connectivity index (χ0v) is 14.8. The van der Waals surface area contributed by atoms with Crippen molar-refractivity contribution in [1.82, 2.24) is 10.6 Å². The number of rotatable bonds is 8. The van der Waals surface area contributed by atoms with E-state index >= 15 is 0 Å². The normalized spacial score (nSPS) is 12.0. The maximum atomic E-state index is 12.1. The Kier molecular flexibility index (Phi) is 6.44. The third-order valence-corrected chi connectivity index (χ3v) is 3.71. The first-order valence-electron chi connectivity index (χ1n) is 8.30. The maximum Gasteiger partial charge on any atom is 0.287 e. The molecule has 0 unspecified atom stereocenters. The smallest absolute Gasteiger partial charge is 0.287 e. The van der Waals surface area contributed by atoms with E-state index in [1.165, 1.54) is 5.56 Å². The highest BCUT2D eigenvalue weighted by atomic mass is 16.5. The Morgan fingerprint density at radius 3 is 2.75 bits per heavy atom. The Bertz CT molecular complexity index is 679. The number of hydrogen-bond acceptors (Lipinski definition) is 4. The van der Waals surface area contributed by atoms with Gasteiger partial charge in [-0.05, 0) is 51.1 Å². The topological polar surface area (TPSA) is 63.5 Å². The predicted octanol–water partition coefficient (Wildman–Crippen LogP) is 3.20. The minimum absolute atomic E-state index is 0.211. The van der Waals surface area contributed by atoms with E-state index in [4.69, 9.17) is 9.15 Å². The molecule has 1 heterocycles. The van der Waals surface area contributed by atoms with Crippen molar-refractivity contribution in [2.75, 3.05) is 13.1 Å². The highest BCUT2D eigenvalue weighted by Crippen LogP contribution is 2.20. The molecule has 0 radical (unpaired) electrons. The van der Waals surface area contributed by atoms with Gasteiger partial charge in [0.05, 0.1) is 0 Å². The zero-order valence-electron chi connectivity index (χ0n) is 14.8. The van der Waals surface area contributed by atoms with Crippen molar-refractivity contribution in [3.8, 4) is 5.75 Å². The fraction of sp³-hybridized carbons (Fsp3) is 0.421. The number of likely N-dealkylation sites (N-methyl/N-ethyl adjacent to an activating group) is 1. The van der Waals surface area contributed by atoms with Crippen molar-refractivity contribution in [3.05, 3.63) is 53.0 Å². The molecular formula is C19H26N2O3. The van der Waals surface area contributed by atoms with Crippen molar-refractivity contribution in [2.45, 2.75) is 40.3 Å². The van der Waals surface area contributed by atoms with Gasteiger partial charge in [-0.25, -0.2) is 0 Å². The number of carbonyl (C=O) groups is 1. The van der Waals surface area contributed by atoms with Gasteiger partial charge in [0.15, 0.2) is 5.76 Å². The van der Waals surface area contributed by atoms with Gasteiger partial charge in [-0.2, -0.15) is 0 Å². The quantitative estimate of drug-likeness (QED) is 0.780. The van der Waals surface area contributed by atoms with Crippen LogP contribution in [0.4, 0.5) is 0 Å². The molecule has 130 valence electrons. The van der Waals surface area contributed by atoms with Crippen molar-refractivity contribution < 1.29 is 13.9 Å². The van der Waals surface area contributed by atoms with Gasteiger partial charge in [0.2, 0.25) is 0 Å². The third kappa shape index (κ3) is 5.13. The van der Waals surface area contributed by atoms with Crippen molar-refractivity contribution >= 4 is 5.91 Å². The van der Waals surface area contributed by atoms with Gasteiger partial charge >= 0.3 is 0 Å². The molecule has 24 heavy (non-hydrogen) atoms. The Labute approximate surface area is 143 Å². The van der Waals surface area contributed by atoms with Crippen LogP contribution in [0.5, 0.6) is 5.75 Å². The van der Waals surface area contributed by atoms with Crippen LogP contribution in [0.15, 0.2) is 34.7 Å². The molecule has 0 saturated heterocycles. The van der Waals surface area contributed by atoms with Crippen molar-refractivity contribution in [3.63, 3.8) is 0 Å². The summed E-state index contributed by atoms with van der Waals surface area (Å²) in [6, 6.07) is 9.70. The zero-order chi connectivity index (χ0) is 17.5. The summed E-state index contributed by atoms with van der Waals surface area (Å²) in [4.78, 5) is 12.1. The van der Waals surface area contributed by atoms with Crippen LogP contribution in [0.1, 0.15) is 41.3 Å². The lowest BCUT2D eigenvalue weighted by Gasteiger charge is -2.12. The van der Waals surface area contributed by atoms with Crippen LogP contribution >= 0.6 is 0 Å². The first-order valence-corrected chi connectivity index (χ1v) is 8.30. The fourth-order valence-electron chi connectivity index (χ4n) is 2.44. The lowest BCUT2D eigenvalue weighted by atomic mass is 10.1. The number of hydrogen-bond donors (Lipinski definition) is 2. The molecule has 2 N–H and O–H groups in total. The molecular weight excluding hydrogens is 304 g/mol. The summed E-state index contributed by atoms with van der Waals surface area (Å²) < 4.78 is 11.3. The molecule has 2 rings (SSSR count). The van der Waals surface area contributed by atoms with E-state index < -0.39 is 0 Å². The van der Waals surface area contributed by atoms with E-state index in [9.17, 15) is 4.79 Å².